The summed E-state index contributed by atoms with van der Waals surface area (Å²) in [5, 5.41) is 18.4. The lowest BCUT2D eigenvalue weighted by atomic mass is 10.2. The first kappa shape index (κ1) is 20.9. The Morgan fingerprint density at radius 2 is 1.93 bits per heavy atom. The fourth-order valence-electron chi connectivity index (χ4n) is 2.56. The van der Waals surface area contributed by atoms with Gasteiger partial charge in [0, 0.05) is 19.5 Å². The minimum absolute atomic E-state index is 0.0302. The van der Waals surface area contributed by atoms with Crippen LogP contribution >= 0.6 is 0 Å². The normalized spacial score (nSPS) is 15.9. The Morgan fingerprint density at radius 1 is 1.26 bits per heavy atom. The lowest BCUT2D eigenvalue weighted by molar-refractivity contribution is -0.148. The zero-order valence-corrected chi connectivity index (χ0v) is 15.2. The number of fused-ring (bicyclic) bond motifs is 1. The van der Waals surface area contributed by atoms with Gasteiger partial charge in [0.2, 0.25) is 11.7 Å². The van der Waals surface area contributed by atoms with Gasteiger partial charge in [0.05, 0.1) is 19.2 Å². The molecule has 2 N–H and O–H groups in total. The maximum atomic E-state index is 12.8. The summed E-state index contributed by atoms with van der Waals surface area (Å²) in [6, 6.07) is -0.877. The molecule has 152 valence electrons. The van der Waals surface area contributed by atoms with Crippen molar-refractivity contribution >= 4 is 12.0 Å². The minimum Gasteiger partial charge on any atom is -0.444 e. The number of aliphatic hydroxyl groups is 1. The number of aromatic nitrogens is 3. The van der Waals surface area contributed by atoms with Crippen molar-refractivity contribution in [2.75, 3.05) is 13.2 Å². The Balaban J connectivity index is 1.96. The number of halogens is 3. The number of hydrogen-bond acceptors (Lipinski definition) is 6. The molecule has 1 aliphatic rings. The molecule has 2 amide bonds. The second kappa shape index (κ2) is 7.71. The van der Waals surface area contributed by atoms with E-state index < -0.39 is 42.3 Å². The summed E-state index contributed by atoms with van der Waals surface area (Å²) in [5.74, 6) is -1.50. The van der Waals surface area contributed by atoms with Crippen molar-refractivity contribution in [3.63, 3.8) is 0 Å². The van der Waals surface area contributed by atoms with Crippen LogP contribution in [0.2, 0.25) is 0 Å². The number of ether oxygens (including phenoxy) is 1. The first-order valence-corrected chi connectivity index (χ1v) is 8.28. The van der Waals surface area contributed by atoms with Gasteiger partial charge in [-0.25, -0.2) is 4.79 Å². The average Bonchev–Trinajstić information content (AvgIpc) is 2.95. The quantitative estimate of drug-likeness (QED) is 0.787. The van der Waals surface area contributed by atoms with Gasteiger partial charge in [-0.3, -0.25) is 4.79 Å². The van der Waals surface area contributed by atoms with E-state index in [2.05, 4.69) is 15.5 Å². The van der Waals surface area contributed by atoms with Gasteiger partial charge in [0.25, 0.3) is 0 Å². The van der Waals surface area contributed by atoms with Crippen molar-refractivity contribution in [1.29, 1.82) is 0 Å². The number of aliphatic hydroxyl groups excluding tert-OH is 1. The highest BCUT2D eigenvalue weighted by molar-refractivity contribution is 5.78. The van der Waals surface area contributed by atoms with E-state index in [1.54, 1.807) is 20.8 Å². The summed E-state index contributed by atoms with van der Waals surface area (Å²) in [5.41, 5.74) is -0.735. The Labute approximate surface area is 153 Å². The molecule has 27 heavy (non-hydrogen) atoms. The number of amides is 2. The zero-order valence-electron chi connectivity index (χ0n) is 15.2. The van der Waals surface area contributed by atoms with Gasteiger partial charge in [-0.15, -0.1) is 10.2 Å². The van der Waals surface area contributed by atoms with Gasteiger partial charge >= 0.3 is 12.3 Å². The molecule has 9 nitrogen and oxygen atoms in total. The standard InChI is InChI=1S/C15H22F3N5O4/c1-14(2,3)27-13(26)19-9(8-24)6-11(25)22-4-5-23-10(7-22)20-21-12(23)15(16,17)18/h9,24H,4-8H2,1-3H3,(H,19,26)/t9-/m0/s1. The lowest BCUT2D eigenvalue weighted by Crippen LogP contribution is -2.46. The highest BCUT2D eigenvalue weighted by Crippen LogP contribution is 2.29. The minimum atomic E-state index is -4.61. The topological polar surface area (TPSA) is 110 Å². The predicted octanol–water partition coefficient (Wildman–Crippen LogP) is 0.915. The number of carbonyl (C=O) groups excluding carboxylic acids is 2. The largest absolute Gasteiger partial charge is 0.451 e. The van der Waals surface area contributed by atoms with Gasteiger partial charge in [-0.2, -0.15) is 13.2 Å². The van der Waals surface area contributed by atoms with Crippen molar-refractivity contribution in [2.45, 2.75) is 58.1 Å². The molecule has 0 saturated carbocycles. The number of rotatable bonds is 4. The molecular formula is C15H22F3N5O4. The Hall–Kier alpha value is -2.37. The molecule has 0 aliphatic carbocycles. The second-order valence-corrected chi connectivity index (χ2v) is 7.13. The molecule has 0 saturated heterocycles. The number of alkyl halides is 3. The van der Waals surface area contributed by atoms with E-state index >= 15 is 0 Å². The molecule has 2 heterocycles. The van der Waals surface area contributed by atoms with Crippen molar-refractivity contribution in [1.82, 2.24) is 25.0 Å². The van der Waals surface area contributed by atoms with Crippen molar-refractivity contribution in [2.24, 2.45) is 0 Å². The fourth-order valence-corrected chi connectivity index (χ4v) is 2.56. The van der Waals surface area contributed by atoms with E-state index in [0.29, 0.717) is 0 Å². The van der Waals surface area contributed by atoms with Crippen molar-refractivity contribution < 1.29 is 32.6 Å². The molecule has 0 bridgehead atoms. The summed E-state index contributed by atoms with van der Waals surface area (Å²) in [4.78, 5) is 25.4. The molecule has 1 aliphatic heterocycles. The third kappa shape index (κ3) is 5.55. The van der Waals surface area contributed by atoms with Crippen LogP contribution in [0.3, 0.4) is 0 Å². The Kier molecular flexibility index (Phi) is 5.97. The van der Waals surface area contributed by atoms with Gasteiger partial charge < -0.3 is 24.6 Å². The number of hydrogen-bond donors (Lipinski definition) is 2. The SMILES string of the molecule is CC(C)(C)OC(=O)N[C@H](CO)CC(=O)N1CCn2c(nnc2C(F)(F)F)C1. The molecular weight excluding hydrogens is 371 g/mol. The highest BCUT2D eigenvalue weighted by atomic mass is 19.4. The van der Waals surface area contributed by atoms with Gasteiger partial charge in [-0.1, -0.05) is 0 Å². The van der Waals surface area contributed by atoms with E-state index in [1.165, 1.54) is 4.90 Å². The molecule has 0 aromatic carbocycles. The van der Waals surface area contributed by atoms with Crippen LogP contribution in [0.15, 0.2) is 0 Å². The van der Waals surface area contributed by atoms with E-state index in [-0.39, 0.29) is 31.9 Å². The second-order valence-electron chi connectivity index (χ2n) is 7.13. The van der Waals surface area contributed by atoms with E-state index in [1.807, 2.05) is 0 Å². The van der Waals surface area contributed by atoms with Crippen LogP contribution in [0.25, 0.3) is 0 Å². The number of alkyl carbamates (subject to hydrolysis) is 1. The molecule has 1 aromatic heterocycles. The van der Waals surface area contributed by atoms with Crippen LogP contribution in [0, 0.1) is 0 Å². The van der Waals surface area contributed by atoms with E-state index in [4.69, 9.17) is 4.74 Å². The molecule has 0 radical (unpaired) electrons. The van der Waals surface area contributed by atoms with Crippen LogP contribution in [0.5, 0.6) is 0 Å². The summed E-state index contributed by atoms with van der Waals surface area (Å²) in [7, 11) is 0. The number of nitrogens with zero attached hydrogens (tertiary/aromatic N) is 4. The van der Waals surface area contributed by atoms with E-state index in [9.17, 15) is 27.9 Å². The van der Waals surface area contributed by atoms with E-state index in [0.717, 1.165) is 4.57 Å². The van der Waals surface area contributed by atoms with Gasteiger partial charge in [0.1, 0.15) is 5.60 Å². The smallest absolute Gasteiger partial charge is 0.444 e. The molecule has 0 spiro atoms. The van der Waals surface area contributed by atoms with Gasteiger partial charge in [0.15, 0.2) is 5.82 Å². The molecule has 2 rings (SSSR count). The van der Waals surface area contributed by atoms with Crippen molar-refractivity contribution in [3.8, 4) is 0 Å². The first-order valence-electron chi connectivity index (χ1n) is 8.28. The monoisotopic (exact) mass is 393 g/mol. The van der Waals surface area contributed by atoms with Crippen LogP contribution in [0.1, 0.15) is 38.8 Å². The Morgan fingerprint density at radius 3 is 2.48 bits per heavy atom. The first-order chi connectivity index (χ1) is 12.4. The molecule has 1 atom stereocenters. The van der Waals surface area contributed by atoms with Crippen LogP contribution in [-0.4, -0.2) is 61.6 Å². The molecule has 12 heteroatoms. The van der Waals surface area contributed by atoms with Crippen LogP contribution in [-0.2, 0) is 28.8 Å². The average molecular weight is 393 g/mol. The van der Waals surface area contributed by atoms with Crippen LogP contribution in [0.4, 0.5) is 18.0 Å². The number of carbonyl (C=O) groups is 2. The van der Waals surface area contributed by atoms with Gasteiger partial charge in [-0.05, 0) is 20.8 Å². The predicted molar refractivity (Wildman–Crippen MR) is 85.3 cm³/mol. The maximum Gasteiger partial charge on any atom is 0.451 e. The fraction of sp³-hybridized carbons (Fsp3) is 0.733. The third-order valence-corrected chi connectivity index (χ3v) is 3.72. The highest BCUT2D eigenvalue weighted by Gasteiger charge is 2.40. The Bertz CT molecular complexity index is 699. The summed E-state index contributed by atoms with van der Waals surface area (Å²) in [6.45, 7) is 4.34. The molecule has 0 unspecified atom stereocenters. The maximum absolute atomic E-state index is 12.8. The third-order valence-electron chi connectivity index (χ3n) is 3.72. The zero-order chi connectivity index (χ0) is 20.4. The number of nitrogens with one attached hydrogen (secondary N) is 1. The molecule has 0 fully saturated rings. The lowest BCUT2D eigenvalue weighted by Gasteiger charge is -2.29. The summed E-state index contributed by atoms with van der Waals surface area (Å²) >= 11 is 0. The summed E-state index contributed by atoms with van der Waals surface area (Å²) < 4.78 is 44.5. The summed E-state index contributed by atoms with van der Waals surface area (Å²) in [6.07, 6.45) is -5.62. The van der Waals surface area contributed by atoms with Crippen LogP contribution < -0.4 is 5.32 Å². The molecule has 1 aromatic rings. The van der Waals surface area contributed by atoms with Crippen molar-refractivity contribution in [3.05, 3.63) is 11.6 Å².